The van der Waals surface area contributed by atoms with Gasteiger partial charge >= 0.3 is 0 Å². The molecule has 11 heteroatoms. The van der Waals surface area contributed by atoms with E-state index in [1.165, 1.54) is 10.9 Å². The van der Waals surface area contributed by atoms with Crippen LogP contribution in [0.15, 0.2) is 11.1 Å². The minimum Gasteiger partial charge on any atom is -0.658 e. The number of anilines is 1. The van der Waals surface area contributed by atoms with Crippen LogP contribution in [-0.2, 0) is 11.3 Å². The summed E-state index contributed by atoms with van der Waals surface area (Å²) in [5.74, 6) is -0.0421. The molecule has 0 atom stereocenters. The van der Waals surface area contributed by atoms with E-state index in [-0.39, 0.29) is 30.3 Å². The van der Waals surface area contributed by atoms with Crippen molar-refractivity contribution in [3.05, 3.63) is 16.7 Å². The largest absolute Gasteiger partial charge is 0.658 e. The number of imidazole rings is 1. The van der Waals surface area contributed by atoms with E-state index < -0.39 is 19.9 Å². The monoisotopic (exact) mass is 288 g/mol. The van der Waals surface area contributed by atoms with Crippen LogP contribution in [0, 0.1) is 0 Å². The van der Waals surface area contributed by atoms with Crippen molar-refractivity contribution in [1.29, 1.82) is 0 Å². The number of fused-ring (bicyclic) bond motifs is 1. The smallest absolute Gasteiger partial charge is 0.280 e. The minimum atomic E-state index is -4.42. The molecule has 10 nitrogen and oxygen atoms in total. The first-order valence-electron chi connectivity index (χ1n) is 5.18. The van der Waals surface area contributed by atoms with Gasteiger partial charge in [-0.1, -0.05) is 0 Å². The van der Waals surface area contributed by atoms with Crippen LogP contribution in [0.2, 0.25) is 0 Å². The van der Waals surface area contributed by atoms with Crippen LogP contribution in [0.4, 0.5) is 5.95 Å². The first-order chi connectivity index (χ1) is 8.87. The van der Waals surface area contributed by atoms with E-state index in [0.717, 1.165) is 0 Å². The van der Waals surface area contributed by atoms with Crippen LogP contribution < -0.4 is 21.1 Å². The number of H-pyrrole nitrogens is 1. The van der Waals surface area contributed by atoms with Gasteiger partial charge in [0.25, 0.3) is 5.56 Å². The zero-order chi connectivity index (χ0) is 14.0. The summed E-state index contributed by atoms with van der Waals surface area (Å²) in [6.07, 6.45) is 0.598. The highest BCUT2D eigenvalue weighted by Crippen LogP contribution is 2.32. The second kappa shape index (κ2) is 5.19. The van der Waals surface area contributed by atoms with Crippen LogP contribution in [-0.4, -0.2) is 37.4 Å². The summed E-state index contributed by atoms with van der Waals surface area (Å²) < 4.78 is 6.26. The van der Waals surface area contributed by atoms with Crippen molar-refractivity contribution in [3.8, 4) is 0 Å². The number of nitrogen functional groups attached to an aromatic ring is 1. The van der Waals surface area contributed by atoms with Crippen molar-refractivity contribution in [2.45, 2.75) is 6.54 Å². The number of rotatable bonds is 5. The fraction of sp³-hybridized carbons (Fsp3) is 0.375. The molecule has 0 saturated heterocycles. The number of nitrogens with one attached hydrogen (secondary N) is 1. The van der Waals surface area contributed by atoms with Gasteiger partial charge in [-0.3, -0.25) is 14.7 Å². The van der Waals surface area contributed by atoms with Gasteiger partial charge in [-0.05, 0) is 0 Å². The molecule has 0 unspecified atom stereocenters. The lowest BCUT2D eigenvalue weighted by Gasteiger charge is -2.26. The lowest BCUT2D eigenvalue weighted by atomic mass is 10.5. The summed E-state index contributed by atoms with van der Waals surface area (Å²) in [5, 5.41) is 0. The molecule has 4 N–H and O–H groups in total. The first kappa shape index (κ1) is 13.8. The number of aromatic amines is 1. The molecule has 0 bridgehead atoms. The number of nitrogens with zero attached hydrogens (tertiary/aromatic N) is 3. The maximum atomic E-state index is 11.5. The molecule has 19 heavy (non-hydrogen) atoms. The lowest BCUT2D eigenvalue weighted by molar-refractivity contribution is -0.336. The Morgan fingerprint density at radius 1 is 1.58 bits per heavy atom. The van der Waals surface area contributed by atoms with Gasteiger partial charge in [-0.15, -0.1) is 0 Å². The topological polar surface area (TPSA) is 165 Å². The SMILES string of the molecule is Nc1nc2c(ncn2CCOC[P+]([O-])([O-])O)c(=O)[nH]1. The van der Waals surface area contributed by atoms with Crippen molar-refractivity contribution in [2.24, 2.45) is 0 Å². The van der Waals surface area contributed by atoms with Crippen molar-refractivity contribution >= 4 is 25.1 Å². The molecule has 0 aliphatic carbocycles. The van der Waals surface area contributed by atoms with Crippen LogP contribution in [0.25, 0.3) is 11.2 Å². The molecule has 0 aliphatic heterocycles. The quantitative estimate of drug-likeness (QED) is 0.390. The molecular weight excluding hydrogens is 277 g/mol. The molecule has 2 rings (SSSR count). The van der Waals surface area contributed by atoms with Gasteiger partial charge < -0.3 is 24.8 Å². The second-order valence-electron chi connectivity index (χ2n) is 3.74. The summed E-state index contributed by atoms with van der Waals surface area (Å²) in [6.45, 7) is 0.221. The predicted molar refractivity (Wildman–Crippen MR) is 62.5 cm³/mol. The van der Waals surface area contributed by atoms with E-state index in [1.54, 1.807) is 0 Å². The number of nitrogens with two attached hydrogens (primary N) is 1. The van der Waals surface area contributed by atoms with E-state index in [4.69, 9.17) is 15.4 Å². The molecule has 2 aromatic rings. The molecular formula is C8H11N5O5P-. The molecule has 0 radical (unpaired) electrons. The van der Waals surface area contributed by atoms with Crippen LogP contribution in [0.3, 0.4) is 0 Å². The van der Waals surface area contributed by atoms with Gasteiger partial charge in [-0.2, -0.15) is 4.98 Å². The van der Waals surface area contributed by atoms with Crippen molar-refractivity contribution < 1.29 is 19.4 Å². The number of aromatic nitrogens is 4. The zero-order valence-corrected chi connectivity index (χ0v) is 10.5. The summed E-state index contributed by atoms with van der Waals surface area (Å²) in [7, 11) is -4.42. The summed E-state index contributed by atoms with van der Waals surface area (Å²) >= 11 is 0. The Kier molecular flexibility index (Phi) is 3.78. The Bertz CT molecular complexity index is 632. The Hall–Kier alpha value is -1.58. The second-order valence-corrected chi connectivity index (χ2v) is 5.27. The van der Waals surface area contributed by atoms with Gasteiger partial charge in [0, 0.05) is 6.54 Å². The van der Waals surface area contributed by atoms with Crippen LogP contribution in [0.5, 0.6) is 0 Å². The van der Waals surface area contributed by atoms with Crippen LogP contribution >= 0.6 is 7.94 Å². The van der Waals surface area contributed by atoms with E-state index in [2.05, 4.69) is 15.0 Å². The van der Waals surface area contributed by atoms with E-state index >= 15 is 0 Å². The summed E-state index contributed by atoms with van der Waals surface area (Å²) in [4.78, 5) is 51.0. The highest BCUT2D eigenvalue weighted by atomic mass is 31.2. The fourth-order valence-corrected chi connectivity index (χ4v) is 1.84. The van der Waals surface area contributed by atoms with Crippen molar-refractivity contribution in [3.63, 3.8) is 0 Å². The van der Waals surface area contributed by atoms with Gasteiger partial charge in [-0.25, -0.2) is 4.98 Å². The highest BCUT2D eigenvalue weighted by Gasteiger charge is 2.10. The first-order valence-corrected chi connectivity index (χ1v) is 6.94. The molecule has 0 aliphatic rings. The number of hydrogen-bond donors (Lipinski definition) is 3. The maximum absolute atomic E-state index is 11.5. The normalized spacial score (nSPS) is 12.2. The van der Waals surface area contributed by atoms with E-state index in [0.29, 0.717) is 0 Å². The summed E-state index contributed by atoms with van der Waals surface area (Å²) in [6, 6.07) is 0. The fourth-order valence-electron chi connectivity index (χ4n) is 1.48. The van der Waals surface area contributed by atoms with E-state index in [1.807, 2.05) is 0 Å². The maximum Gasteiger partial charge on any atom is 0.280 e. The molecule has 0 aromatic carbocycles. The Labute approximate surface area is 107 Å². The lowest BCUT2D eigenvalue weighted by Crippen LogP contribution is -2.25. The van der Waals surface area contributed by atoms with Gasteiger partial charge in [0.15, 0.2) is 17.5 Å². The van der Waals surface area contributed by atoms with Crippen LogP contribution in [0.1, 0.15) is 0 Å². The molecule has 2 aromatic heterocycles. The molecule has 0 fully saturated rings. The average Bonchev–Trinajstić information content (AvgIpc) is 2.66. The Morgan fingerprint density at radius 2 is 2.32 bits per heavy atom. The molecule has 104 valence electrons. The third-order valence-corrected chi connectivity index (χ3v) is 2.73. The van der Waals surface area contributed by atoms with Gasteiger partial charge in [0.05, 0.1) is 20.9 Å². The standard InChI is InChI=1S/C8H12N5O5P/c9-8-11-6-5(7(14)12-8)10-3-13(6)1-2-18-4-19(15,16)17/h3H,1-2,4H2,(H2,15,16,17)(H3,9,11,12,14)/p-1. The van der Waals surface area contributed by atoms with Gasteiger partial charge in [0.1, 0.15) is 0 Å². The molecule has 0 amide bonds. The third-order valence-electron chi connectivity index (χ3n) is 2.22. The predicted octanol–water partition coefficient (Wildman–Crippen LogP) is -2.85. The molecule has 0 spiro atoms. The Balaban J connectivity index is 2.08. The molecule has 0 saturated carbocycles. The van der Waals surface area contributed by atoms with Crippen molar-refractivity contribution in [2.75, 3.05) is 18.7 Å². The van der Waals surface area contributed by atoms with E-state index in [9.17, 15) is 14.6 Å². The highest BCUT2D eigenvalue weighted by molar-refractivity contribution is 7.55. The zero-order valence-electron chi connectivity index (χ0n) is 9.65. The number of ether oxygens (including phenoxy) is 1. The molecule has 2 heterocycles. The third kappa shape index (κ3) is 3.46. The minimum absolute atomic E-state index is 0.00658. The number of hydrogen-bond acceptors (Lipinski definition) is 8. The van der Waals surface area contributed by atoms with Gasteiger partial charge in [0.2, 0.25) is 5.95 Å². The van der Waals surface area contributed by atoms with Crippen molar-refractivity contribution in [1.82, 2.24) is 19.5 Å². The summed E-state index contributed by atoms with van der Waals surface area (Å²) in [5.41, 5.74) is 5.36. The average molecular weight is 288 g/mol. The Morgan fingerprint density at radius 3 is 3.00 bits per heavy atom.